The molecule has 1 fully saturated rings. The minimum Gasteiger partial charge on any atom is -0.354 e. The van der Waals surface area contributed by atoms with Gasteiger partial charge in [0.1, 0.15) is 11.6 Å². The molecule has 1 saturated heterocycles. The summed E-state index contributed by atoms with van der Waals surface area (Å²) >= 11 is 0. The molecule has 3 heterocycles. The van der Waals surface area contributed by atoms with Gasteiger partial charge in [0.15, 0.2) is 5.65 Å². The van der Waals surface area contributed by atoms with E-state index in [1.807, 2.05) is 22.8 Å². The van der Waals surface area contributed by atoms with Crippen molar-refractivity contribution < 1.29 is 9.59 Å². The molecule has 2 amide bonds. The number of pyridine rings is 1. The lowest BCUT2D eigenvalue weighted by Gasteiger charge is -2.15. The van der Waals surface area contributed by atoms with Gasteiger partial charge in [-0.05, 0) is 37.3 Å². The minimum atomic E-state index is -0.492. The van der Waals surface area contributed by atoms with Crippen LogP contribution in [0.5, 0.6) is 0 Å². The number of hydrogen-bond donors (Lipinski definition) is 2. The summed E-state index contributed by atoms with van der Waals surface area (Å²) in [6.45, 7) is 1.43. The van der Waals surface area contributed by atoms with E-state index in [9.17, 15) is 9.59 Å². The predicted octanol–water partition coefficient (Wildman–Crippen LogP) is 2.07. The van der Waals surface area contributed by atoms with Crippen LogP contribution in [0.3, 0.4) is 0 Å². The largest absolute Gasteiger partial charge is 0.354 e. The van der Waals surface area contributed by atoms with Crippen LogP contribution in [-0.4, -0.2) is 38.9 Å². The first-order valence-electron chi connectivity index (χ1n) is 9.64. The molecule has 0 radical (unpaired) electrons. The number of imidazole rings is 1. The number of nitrogens with zero attached hydrogens (tertiary/aromatic N) is 3. The Morgan fingerprint density at radius 2 is 2.07 bits per heavy atom. The van der Waals surface area contributed by atoms with Crippen LogP contribution in [0, 0.1) is 0 Å². The Hall–Kier alpha value is -3.22. The minimum absolute atomic E-state index is 0.120. The fourth-order valence-corrected chi connectivity index (χ4v) is 3.45. The third-order valence-electron chi connectivity index (χ3n) is 5.04. The van der Waals surface area contributed by atoms with Crippen molar-refractivity contribution >= 4 is 23.0 Å². The van der Waals surface area contributed by atoms with Crippen molar-refractivity contribution in [3.8, 4) is 0 Å². The highest BCUT2D eigenvalue weighted by Crippen LogP contribution is 2.14. The van der Waals surface area contributed by atoms with Gasteiger partial charge in [-0.15, -0.1) is 0 Å². The van der Waals surface area contributed by atoms with E-state index in [4.69, 9.17) is 0 Å². The van der Waals surface area contributed by atoms with E-state index in [-0.39, 0.29) is 11.8 Å². The van der Waals surface area contributed by atoms with E-state index < -0.39 is 6.04 Å². The number of aryl methyl sites for hydroxylation is 2. The van der Waals surface area contributed by atoms with Crippen molar-refractivity contribution in [2.75, 3.05) is 6.54 Å². The Morgan fingerprint density at radius 3 is 2.93 bits per heavy atom. The molecule has 144 valence electrons. The first-order valence-corrected chi connectivity index (χ1v) is 9.64. The second-order valence-corrected chi connectivity index (χ2v) is 7.05. The number of carbonyl (C=O) groups is 2. The third kappa shape index (κ3) is 4.03. The smallest absolute Gasteiger partial charge is 0.253 e. The fraction of sp³-hybridized carbons (Fsp3) is 0.333. The molecule has 1 aliphatic rings. The second kappa shape index (κ2) is 8.21. The molecular formula is C21H23N5O2. The van der Waals surface area contributed by atoms with E-state index in [0.29, 0.717) is 24.0 Å². The van der Waals surface area contributed by atoms with Crippen molar-refractivity contribution in [1.29, 1.82) is 0 Å². The van der Waals surface area contributed by atoms with Crippen LogP contribution in [0.25, 0.3) is 11.2 Å². The predicted molar refractivity (Wildman–Crippen MR) is 106 cm³/mol. The van der Waals surface area contributed by atoms with Gasteiger partial charge in [-0.3, -0.25) is 9.59 Å². The number of aromatic nitrogens is 3. The molecule has 7 nitrogen and oxygen atoms in total. The van der Waals surface area contributed by atoms with E-state index in [1.54, 1.807) is 18.6 Å². The lowest BCUT2D eigenvalue weighted by Crippen LogP contribution is -2.45. The Bertz CT molecular complexity index is 983. The van der Waals surface area contributed by atoms with Crippen LogP contribution in [-0.2, 0) is 17.8 Å². The molecule has 2 N–H and O–H groups in total. The average Bonchev–Trinajstić information content (AvgIpc) is 3.02. The lowest BCUT2D eigenvalue weighted by atomic mass is 10.1. The van der Waals surface area contributed by atoms with Gasteiger partial charge in [-0.1, -0.05) is 30.3 Å². The van der Waals surface area contributed by atoms with Crippen LogP contribution in [0.4, 0.5) is 0 Å². The molecular weight excluding hydrogens is 354 g/mol. The Kier molecular flexibility index (Phi) is 5.32. The summed E-state index contributed by atoms with van der Waals surface area (Å²) in [6.07, 6.45) is 6.68. The third-order valence-corrected chi connectivity index (χ3v) is 5.04. The number of benzene rings is 1. The van der Waals surface area contributed by atoms with Gasteiger partial charge in [0.05, 0.1) is 11.9 Å². The zero-order chi connectivity index (χ0) is 19.3. The van der Waals surface area contributed by atoms with E-state index in [1.165, 1.54) is 5.56 Å². The van der Waals surface area contributed by atoms with E-state index >= 15 is 0 Å². The van der Waals surface area contributed by atoms with Crippen LogP contribution < -0.4 is 10.6 Å². The van der Waals surface area contributed by atoms with Gasteiger partial charge < -0.3 is 15.2 Å². The molecule has 4 rings (SSSR count). The molecule has 28 heavy (non-hydrogen) atoms. The fourth-order valence-electron chi connectivity index (χ4n) is 3.45. The van der Waals surface area contributed by atoms with E-state index in [0.717, 1.165) is 31.5 Å². The Balaban J connectivity index is 1.46. The number of amides is 2. The Morgan fingerprint density at radius 1 is 1.21 bits per heavy atom. The van der Waals surface area contributed by atoms with Crippen LogP contribution in [0.15, 0.2) is 48.9 Å². The van der Waals surface area contributed by atoms with Gasteiger partial charge in [0.2, 0.25) is 5.91 Å². The summed E-state index contributed by atoms with van der Waals surface area (Å²) in [5.41, 5.74) is 3.09. The summed E-state index contributed by atoms with van der Waals surface area (Å²) in [7, 11) is 0. The highest BCUT2D eigenvalue weighted by Gasteiger charge is 2.23. The SMILES string of the molecule is O=C(NC1CCCCNC1=O)c1cnc2c(c1)ncn2CCc1ccccc1. The topological polar surface area (TPSA) is 88.9 Å². The number of hydrogen-bond acceptors (Lipinski definition) is 4. The standard InChI is InChI=1S/C21H23N5O2/c27-20(25-17-8-4-5-10-22-21(17)28)16-12-18-19(23-13-16)26(14-24-18)11-9-15-6-2-1-3-7-15/h1-3,6-7,12-14,17H,4-5,8-11H2,(H,22,28)(H,25,27). The number of nitrogens with one attached hydrogen (secondary N) is 2. The van der Waals surface area contributed by atoms with Crippen molar-refractivity contribution in [2.45, 2.75) is 38.3 Å². The molecule has 0 saturated carbocycles. The summed E-state index contributed by atoms with van der Waals surface area (Å²) in [5.74, 6) is -0.416. The van der Waals surface area contributed by atoms with E-state index in [2.05, 4.69) is 32.7 Å². The van der Waals surface area contributed by atoms with Gasteiger partial charge in [0, 0.05) is 19.3 Å². The highest BCUT2D eigenvalue weighted by atomic mass is 16.2. The molecule has 0 aliphatic carbocycles. The maximum absolute atomic E-state index is 12.6. The molecule has 0 bridgehead atoms. The lowest BCUT2D eigenvalue weighted by molar-refractivity contribution is -0.122. The van der Waals surface area contributed by atoms with Crippen molar-refractivity contribution in [1.82, 2.24) is 25.2 Å². The zero-order valence-electron chi connectivity index (χ0n) is 15.6. The first-order chi connectivity index (χ1) is 13.7. The number of fused-ring (bicyclic) bond motifs is 1. The first kappa shape index (κ1) is 18.2. The van der Waals surface area contributed by atoms with Gasteiger partial charge in [-0.25, -0.2) is 9.97 Å². The molecule has 2 aromatic heterocycles. The van der Waals surface area contributed by atoms with Crippen molar-refractivity contribution in [3.05, 3.63) is 60.0 Å². The van der Waals surface area contributed by atoms with Gasteiger partial charge >= 0.3 is 0 Å². The van der Waals surface area contributed by atoms with Crippen LogP contribution in [0.2, 0.25) is 0 Å². The molecule has 1 atom stereocenters. The maximum atomic E-state index is 12.6. The van der Waals surface area contributed by atoms with Crippen LogP contribution >= 0.6 is 0 Å². The summed E-state index contributed by atoms with van der Waals surface area (Å²) in [6, 6.07) is 11.5. The summed E-state index contributed by atoms with van der Waals surface area (Å²) < 4.78 is 1.99. The molecule has 0 spiro atoms. The second-order valence-electron chi connectivity index (χ2n) is 7.05. The van der Waals surface area contributed by atoms with Gasteiger partial charge in [0.25, 0.3) is 5.91 Å². The van der Waals surface area contributed by atoms with Crippen LogP contribution in [0.1, 0.15) is 35.2 Å². The monoisotopic (exact) mass is 377 g/mol. The summed E-state index contributed by atoms with van der Waals surface area (Å²) in [5, 5.41) is 5.64. The molecule has 1 aromatic carbocycles. The Labute approximate surface area is 163 Å². The van der Waals surface area contributed by atoms with Gasteiger partial charge in [-0.2, -0.15) is 0 Å². The number of carbonyl (C=O) groups excluding carboxylic acids is 2. The number of rotatable bonds is 5. The molecule has 1 aliphatic heterocycles. The molecule has 1 unspecified atom stereocenters. The quantitative estimate of drug-likeness (QED) is 0.712. The van der Waals surface area contributed by atoms with Crippen molar-refractivity contribution in [3.63, 3.8) is 0 Å². The maximum Gasteiger partial charge on any atom is 0.253 e. The normalized spacial score (nSPS) is 17.1. The highest BCUT2D eigenvalue weighted by molar-refractivity contribution is 5.99. The zero-order valence-corrected chi connectivity index (χ0v) is 15.6. The molecule has 7 heteroatoms. The average molecular weight is 377 g/mol. The van der Waals surface area contributed by atoms with Crippen molar-refractivity contribution in [2.24, 2.45) is 0 Å². The molecule has 3 aromatic rings. The summed E-state index contributed by atoms with van der Waals surface area (Å²) in [4.78, 5) is 33.4.